The Hall–Kier alpha value is -2.61. The van der Waals surface area contributed by atoms with Gasteiger partial charge in [-0.15, -0.1) is 0 Å². The van der Waals surface area contributed by atoms with Gasteiger partial charge in [0.15, 0.2) is 5.82 Å². The van der Waals surface area contributed by atoms with Crippen molar-refractivity contribution in [1.29, 1.82) is 5.26 Å². The van der Waals surface area contributed by atoms with Crippen molar-refractivity contribution >= 4 is 11.5 Å². The summed E-state index contributed by atoms with van der Waals surface area (Å²) in [7, 11) is 1.66. The van der Waals surface area contributed by atoms with Crippen LogP contribution < -0.4 is 4.74 Å². The van der Waals surface area contributed by atoms with E-state index in [0.29, 0.717) is 5.92 Å². The summed E-state index contributed by atoms with van der Waals surface area (Å²) in [6.45, 7) is 0. The second kappa shape index (κ2) is 4.99. The molecular weight excluding hydrogens is 276 g/mol. The lowest BCUT2D eigenvalue weighted by atomic mass is 9.76. The fourth-order valence-electron chi connectivity index (χ4n) is 3.29. The standard InChI is InChI=1S/C17H16N4O/c1-22-14-5-3-2-4-11(14)15-12(8-18)16(10-6-7-10)20-17-13(15)9-19-21-17/h2-5,9-10,12,15H,6-7H2,1H3,(H,19,21). The maximum atomic E-state index is 9.79. The van der Waals surface area contributed by atoms with E-state index in [1.54, 1.807) is 13.3 Å². The van der Waals surface area contributed by atoms with E-state index in [9.17, 15) is 5.26 Å². The lowest BCUT2D eigenvalue weighted by Crippen LogP contribution is -2.26. The van der Waals surface area contributed by atoms with Gasteiger partial charge in [0, 0.05) is 22.8 Å². The van der Waals surface area contributed by atoms with Gasteiger partial charge < -0.3 is 4.74 Å². The Bertz CT molecular complexity index is 782. The SMILES string of the molecule is COc1ccccc1C1c2cn[nH]c2N=C(C2CC2)C1C#N. The lowest BCUT2D eigenvalue weighted by molar-refractivity contribution is 0.406. The lowest BCUT2D eigenvalue weighted by Gasteiger charge is -2.28. The van der Waals surface area contributed by atoms with Crippen molar-refractivity contribution in [3.63, 3.8) is 0 Å². The molecule has 0 spiro atoms. The highest BCUT2D eigenvalue weighted by atomic mass is 16.5. The van der Waals surface area contributed by atoms with Crippen LogP contribution in [0.5, 0.6) is 5.75 Å². The summed E-state index contributed by atoms with van der Waals surface area (Å²) >= 11 is 0. The summed E-state index contributed by atoms with van der Waals surface area (Å²) in [6, 6.07) is 10.4. The normalized spacial score (nSPS) is 23.4. The molecule has 110 valence electrons. The second-order valence-electron chi connectivity index (χ2n) is 5.81. The fraction of sp³-hybridized carbons (Fsp3) is 0.353. The van der Waals surface area contributed by atoms with Crippen molar-refractivity contribution in [2.45, 2.75) is 18.8 Å². The summed E-state index contributed by atoms with van der Waals surface area (Å²) in [4.78, 5) is 4.69. The minimum Gasteiger partial charge on any atom is -0.496 e. The van der Waals surface area contributed by atoms with Gasteiger partial charge in [-0.2, -0.15) is 10.4 Å². The molecule has 1 aromatic heterocycles. The number of ether oxygens (including phenoxy) is 1. The molecule has 5 heteroatoms. The largest absolute Gasteiger partial charge is 0.496 e. The number of hydrogen-bond acceptors (Lipinski definition) is 4. The number of nitriles is 1. The van der Waals surface area contributed by atoms with Gasteiger partial charge >= 0.3 is 0 Å². The van der Waals surface area contributed by atoms with Gasteiger partial charge in [0.1, 0.15) is 5.75 Å². The third-order valence-corrected chi connectivity index (χ3v) is 4.48. The highest BCUT2D eigenvalue weighted by Crippen LogP contribution is 2.48. The van der Waals surface area contributed by atoms with Gasteiger partial charge in [0.25, 0.3) is 0 Å². The molecule has 0 bridgehead atoms. The predicted molar refractivity (Wildman–Crippen MR) is 82.3 cm³/mol. The molecule has 0 saturated heterocycles. The molecular formula is C17H16N4O. The minimum atomic E-state index is -0.256. The molecule has 1 saturated carbocycles. The van der Waals surface area contributed by atoms with Gasteiger partial charge in [0.2, 0.25) is 0 Å². The van der Waals surface area contributed by atoms with E-state index in [-0.39, 0.29) is 11.8 Å². The molecule has 1 N–H and O–H groups in total. The summed E-state index contributed by atoms with van der Waals surface area (Å²) in [5, 5.41) is 16.9. The molecule has 1 aliphatic carbocycles. The average Bonchev–Trinajstić information content (AvgIpc) is 3.31. The van der Waals surface area contributed by atoms with Crippen LogP contribution in [0.3, 0.4) is 0 Å². The average molecular weight is 292 g/mol. The number of aromatic nitrogens is 2. The van der Waals surface area contributed by atoms with Crippen molar-refractivity contribution in [1.82, 2.24) is 10.2 Å². The molecule has 1 fully saturated rings. The van der Waals surface area contributed by atoms with Gasteiger partial charge in [-0.05, 0) is 24.8 Å². The van der Waals surface area contributed by atoms with Crippen molar-refractivity contribution in [3.8, 4) is 11.8 Å². The van der Waals surface area contributed by atoms with Gasteiger partial charge in [-0.25, -0.2) is 4.99 Å². The zero-order valence-corrected chi connectivity index (χ0v) is 12.3. The first kappa shape index (κ1) is 13.1. The maximum Gasteiger partial charge on any atom is 0.151 e. The fourth-order valence-corrected chi connectivity index (χ4v) is 3.29. The number of fused-ring (bicyclic) bond motifs is 1. The first-order chi connectivity index (χ1) is 10.8. The quantitative estimate of drug-likeness (QED) is 0.944. The molecule has 2 aromatic rings. The van der Waals surface area contributed by atoms with E-state index in [0.717, 1.165) is 41.2 Å². The van der Waals surface area contributed by atoms with Crippen molar-refractivity contribution in [2.24, 2.45) is 16.8 Å². The summed E-state index contributed by atoms with van der Waals surface area (Å²) in [5.74, 6) is 1.69. The van der Waals surface area contributed by atoms with Gasteiger partial charge in [0.05, 0.1) is 25.3 Å². The molecule has 1 aliphatic heterocycles. The molecule has 1 aromatic carbocycles. The number of rotatable bonds is 3. The zero-order valence-electron chi connectivity index (χ0n) is 12.3. The molecule has 0 radical (unpaired) electrons. The molecule has 2 unspecified atom stereocenters. The van der Waals surface area contributed by atoms with Crippen molar-refractivity contribution < 1.29 is 4.74 Å². The van der Waals surface area contributed by atoms with Crippen LogP contribution in [0.15, 0.2) is 35.5 Å². The van der Waals surface area contributed by atoms with Gasteiger partial charge in [-0.1, -0.05) is 18.2 Å². The van der Waals surface area contributed by atoms with E-state index in [1.807, 2.05) is 24.3 Å². The Morgan fingerprint density at radius 3 is 2.82 bits per heavy atom. The monoisotopic (exact) mass is 292 g/mol. The van der Waals surface area contributed by atoms with Crippen LogP contribution in [0, 0.1) is 23.2 Å². The smallest absolute Gasteiger partial charge is 0.151 e. The second-order valence-corrected chi connectivity index (χ2v) is 5.81. The highest BCUT2D eigenvalue weighted by molar-refractivity contribution is 5.97. The van der Waals surface area contributed by atoms with E-state index in [1.165, 1.54) is 0 Å². The number of aromatic amines is 1. The van der Waals surface area contributed by atoms with Crippen LogP contribution >= 0.6 is 0 Å². The Labute approximate surface area is 128 Å². The van der Waals surface area contributed by atoms with E-state index in [2.05, 4.69) is 21.3 Å². The van der Waals surface area contributed by atoms with E-state index in [4.69, 9.17) is 4.74 Å². The van der Waals surface area contributed by atoms with Gasteiger partial charge in [-0.3, -0.25) is 5.10 Å². The number of benzene rings is 1. The predicted octanol–water partition coefficient (Wildman–Crippen LogP) is 3.19. The third-order valence-electron chi connectivity index (χ3n) is 4.48. The number of methoxy groups -OCH3 is 1. The minimum absolute atomic E-state index is 0.0806. The maximum absolute atomic E-state index is 9.79. The zero-order chi connectivity index (χ0) is 15.1. The molecule has 2 atom stereocenters. The number of aliphatic imine (C=N–C) groups is 1. The van der Waals surface area contributed by atoms with Crippen LogP contribution in [0.2, 0.25) is 0 Å². The number of nitrogens with one attached hydrogen (secondary N) is 1. The molecule has 0 amide bonds. The summed E-state index contributed by atoms with van der Waals surface area (Å²) in [6.07, 6.45) is 4.03. The Morgan fingerprint density at radius 1 is 1.27 bits per heavy atom. The number of H-pyrrole nitrogens is 1. The van der Waals surface area contributed by atoms with Crippen molar-refractivity contribution in [3.05, 3.63) is 41.6 Å². The molecule has 5 nitrogen and oxygen atoms in total. The number of para-hydroxylation sites is 1. The molecule has 2 aliphatic rings. The Balaban J connectivity index is 1.90. The first-order valence-electron chi connectivity index (χ1n) is 7.47. The molecule has 2 heterocycles. The van der Waals surface area contributed by atoms with Crippen LogP contribution in [-0.4, -0.2) is 23.0 Å². The topological polar surface area (TPSA) is 74.1 Å². The Kier molecular flexibility index (Phi) is 2.97. The van der Waals surface area contributed by atoms with E-state index >= 15 is 0 Å². The molecule has 22 heavy (non-hydrogen) atoms. The molecule has 4 rings (SSSR count). The Morgan fingerprint density at radius 2 is 2.09 bits per heavy atom. The number of nitrogens with zero attached hydrogens (tertiary/aromatic N) is 3. The first-order valence-corrected chi connectivity index (χ1v) is 7.47. The van der Waals surface area contributed by atoms with Crippen LogP contribution in [0.1, 0.15) is 29.9 Å². The summed E-state index contributed by atoms with van der Waals surface area (Å²) < 4.78 is 5.51. The third kappa shape index (κ3) is 1.92. The van der Waals surface area contributed by atoms with Crippen LogP contribution in [-0.2, 0) is 0 Å². The highest BCUT2D eigenvalue weighted by Gasteiger charge is 2.42. The van der Waals surface area contributed by atoms with Crippen LogP contribution in [0.4, 0.5) is 5.82 Å². The summed E-state index contributed by atoms with van der Waals surface area (Å²) in [5.41, 5.74) is 2.99. The number of hydrogen-bond donors (Lipinski definition) is 1. The van der Waals surface area contributed by atoms with Crippen molar-refractivity contribution in [2.75, 3.05) is 7.11 Å². The van der Waals surface area contributed by atoms with Crippen LogP contribution in [0.25, 0.3) is 0 Å². The van der Waals surface area contributed by atoms with E-state index < -0.39 is 0 Å².